The van der Waals surface area contributed by atoms with E-state index in [1.54, 1.807) is 18.3 Å². The second kappa shape index (κ2) is 5.56. The van der Waals surface area contributed by atoms with E-state index in [0.29, 0.717) is 11.4 Å². The highest BCUT2D eigenvalue weighted by Crippen LogP contribution is 2.21. The quantitative estimate of drug-likeness (QED) is 0.824. The van der Waals surface area contributed by atoms with Gasteiger partial charge in [-0.05, 0) is 43.2 Å². The topological polar surface area (TPSA) is 98.0 Å². The SMILES string of the molecule is Cc1cc(S(=O)(=O)NCc2ccncn2)cc(N)c1C. The molecule has 3 N–H and O–H groups in total. The maximum Gasteiger partial charge on any atom is 0.241 e. The van der Waals surface area contributed by atoms with E-state index in [4.69, 9.17) is 5.73 Å². The van der Waals surface area contributed by atoms with Gasteiger partial charge in [0.25, 0.3) is 0 Å². The van der Waals surface area contributed by atoms with Crippen molar-refractivity contribution in [3.8, 4) is 0 Å². The predicted molar refractivity (Wildman–Crippen MR) is 76.4 cm³/mol. The van der Waals surface area contributed by atoms with Crippen molar-refractivity contribution in [2.45, 2.75) is 25.3 Å². The summed E-state index contributed by atoms with van der Waals surface area (Å²) in [5.74, 6) is 0. The minimum atomic E-state index is -3.61. The van der Waals surface area contributed by atoms with Crippen molar-refractivity contribution >= 4 is 15.7 Å². The number of hydrogen-bond donors (Lipinski definition) is 2. The van der Waals surface area contributed by atoms with Crippen LogP contribution in [0.5, 0.6) is 0 Å². The lowest BCUT2D eigenvalue weighted by Gasteiger charge is -2.10. The number of nitrogens with zero attached hydrogens (tertiary/aromatic N) is 2. The number of sulfonamides is 1. The van der Waals surface area contributed by atoms with E-state index in [2.05, 4.69) is 14.7 Å². The zero-order valence-electron chi connectivity index (χ0n) is 11.3. The maximum absolute atomic E-state index is 12.2. The number of rotatable bonds is 4. The van der Waals surface area contributed by atoms with Crippen molar-refractivity contribution in [2.75, 3.05) is 5.73 Å². The standard InChI is InChI=1S/C13H16N4O2S/c1-9-5-12(6-13(14)10(9)2)20(18,19)17-7-11-3-4-15-8-16-11/h3-6,8,17H,7,14H2,1-2H3. The van der Waals surface area contributed by atoms with Gasteiger partial charge < -0.3 is 5.73 Å². The summed E-state index contributed by atoms with van der Waals surface area (Å²) in [5.41, 5.74) is 8.60. The van der Waals surface area contributed by atoms with Crippen LogP contribution in [-0.2, 0) is 16.6 Å². The van der Waals surface area contributed by atoms with Crippen LogP contribution in [0.1, 0.15) is 16.8 Å². The van der Waals surface area contributed by atoms with Gasteiger partial charge >= 0.3 is 0 Å². The summed E-state index contributed by atoms with van der Waals surface area (Å²) in [6.07, 6.45) is 2.93. The fourth-order valence-corrected chi connectivity index (χ4v) is 2.80. The lowest BCUT2D eigenvalue weighted by atomic mass is 10.1. The molecule has 20 heavy (non-hydrogen) atoms. The van der Waals surface area contributed by atoms with Crippen molar-refractivity contribution in [2.24, 2.45) is 0 Å². The van der Waals surface area contributed by atoms with E-state index >= 15 is 0 Å². The Labute approximate surface area is 118 Å². The van der Waals surface area contributed by atoms with Crippen LogP contribution in [0, 0.1) is 13.8 Å². The Morgan fingerprint density at radius 2 is 2.05 bits per heavy atom. The highest BCUT2D eigenvalue weighted by molar-refractivity contribution is 7.89. The third-order valence-electron chi connectivity index (χ3n) is 3.08. The third kappa shape index (κ3) is 3.12. The molecule has 2 aromatic rings. The first-order valence-corrected chi connectivity index (χ1v) is 7.50. The lowest BCUT2D eigenvalue weighted by Crippen LogP contribution is -2.24. The first-order chi connectivity index (χ1) is 9.40. The molecule has 0 aliphatic heterocycles. The Morgan fingerprint density at radius 1 is 1.30 bits per heavy atom. The van der Waals surface area contributed by atoms with Crippen molar-refractivity contribution in [1.82, 2.24) is 14.7 Å². The van der Waals surface area contributed by atoms with Gasteiger partial charge in [0.15, 0.2) is 0 Å². The Morgan fingerprint density at radius 3 is 2.65 bits per heavy atom. The van der Waals surface area contributed by atoms with Gasteiger partial charge in [0.1, 0.15) is 6.33 Å². The lowest BCUT2D eigenvalue weighted by molar-refractivity contribution is 0.580. The van der Waals surface area contributed by atoms with Crippen LogP contribution in [0.4, 0.5) is 5.69 Å². The second-order valence-electron chi connectivity index (χ2n) is 4.48. The Kier molecular flexibility index (Phi) is 4.01. The molecular formula is C13H16N4O2S. The fourth-order valence-electron chi connectivity index (χ4n) is 1.68. The van der Waals surface area contributed by atoms with Gasteiger partial charge in [-0.25, -0.2) is 23.1 Å². The molecule has 0 aliphatic carbocycles. The predicted octanol–water partition coefficient (Wildman–Crippen LogP) is 1.15. The molecule has 0 saturated heterocycles. The molecule has 0 saturated carbocycles. The van der Waals surface area contributed by atoms with Gasteiger partial charge in [0, 0.05) is 11.9 Å². The van der Waals surface area contributed by atoms with Crippen molar-refractivity contribution in [1.29, 1.82) is 0 Å². The average Bonchev–Trinajstić information content (AvgIpc) is 2.43. The smallest absolute Gasteiger partial charge is 0.241 e. The summed E-state index contributed by atoms with van der Waals surface area (Å²) in [7, 11) is -3.61. The summed E-state index contributed by atoms with van der Waals surface area (Å²) in [6.45, 7) is 3.79. The second-order valence-corrected chi connectivity index (χ2v) is 6.25. The maximum atomic E-state index is 12.2. The Balaban J connectivity index is 2.23. The Hall–Kier alpha value is -1.99. The molecule has 0 unspecified atom stereocenters. The average molecular weight is 292 g/mol. The van der Waals surface area contributed by atoms with E-state index in [0.717, 1.165) is 11.1 Å². The monoisotopic (exact) mass is 292 g/mol. The van der Waals surface area contributed by atoms with Crippen molar-refractivity contribution in [3.05, 3.63) is 47.5 Å². The molecule has 1 aromatic carbocycles. The van der Waals surface area contributed by atoms with Gasteiger partial charge in [0.2, 0.25) is 10.0 Å². The van der Waals surface area contributed by atoms with Crippen LogP contribution >= 0.6 is 0 Å². The number of hydrogen-bond acceptors (Lipinski definition) is 5. The number of anilines is 1. The van der Waals surface area contributed by atoms with Crippen molar-refractivity contribution < 1.29 is 8.42 Å². The zero-order chi connectivity index (χ0) is 14.8. The zero-order valence-corrected chi connectivity index (χ0v) is 12.1. The summed E-state index contributed by atoms with van der Waals surface area (Å²) in [4.78, 5) is 7.90. The van der Waals surface area contributed by atoms with Gasteiger partial charge in [-0.2, -0.15) is 0 Å². The van der Waals surface area contributed by atoms with Crippen LogP contribution in [-0.4, -0.2) is 18.4 Å². The van der Waals surface area contributed by atoms with E-state index in [1.165, 1.54) is 12.4 Å². The molecule has 0 atom stereocenters. The normalized spacial score (nSPS) is 11.5. The summed E-state index contributed by atoms with van der Waals surface area (Å²) >= 11 is 0. The fraction of sp³-hybridized carbons (Fsp3) is 0.231. The molecule has 0 amide bonds. The van der Waals surface area contributed by atoms with Crippen LogP contribution in [0.2, 0.25) is 0 Å². The van der Waals surface area contributed by atoms with E-state index < -0.39 is 10.0 Å². The van der Waals surface area contributed by atoms with Crippen molar-refractivity contribution in [3.63, 3.8) is 0 Å². The van der Waals surface area contributed by atoms with Crippen LogP contribution in [0.25, 0.3) is 0 Å². The van der Waals surface area contributed by atoms with E-state index in [1.807, 2.05) is 13.8 Å². The number of aryl methyl sites for hydroxylation is 1. The number of aromatic nitrogens is 2. The minimum Gasteiger partial charge on any atom is -0.398 e. The number of nitrogens with two attached hydrogens (primary N) is 1. The highest BCUT2D eigenvalue weighted by atomic mass is 32.2. The Bertz CT molecular complexity index is 691. The molecule has 106 valence electrons. The molecule has 0 bridgehead atoms. The molecule has 0 radical (unpaired) electrons. The first-order valence-electron chi connectivity index (χ1n) is 6.01. The van der Waals surface area contributed by atoms with Gasteiger partial charge in [-0.15, -0.1) is 0 Å². The summed E-state index contributed by atoms with van der Waals surface area (Å²) < 4.78 is 26.9. The molecule has 6 nitrogen and oxygen atoms in total. The number of benzene rings is 1. The molecule has 0 aliphatic rings. The molecule has 7 heteroatoms. The number of nitrogen functional groups attached to an aromatic ring is 1. The highest BCUT2D eigenvalue weighted by Gasteiger charge is 2.16. The molecule has 1 heterocycles. The molecular weight excluding hydrogens is 276 g/mol. The third-order valence-corrected chi connectivity index (χ3v) is 4.46. The number of nitrogens with one attached hydrogen (secondary N) is 1. The minimum absolute atomic E-state index is 0.109. The summed E-state index contributed by atoms with van der Waals surface area (Å²) in [5, 5.41) is 0. The van der Waals surface area contributed by atoms with Gasteiger partial charge in [-0.1, -0.05) is 0 Å². The van der Waals surface area contributed by atoms with Gasteiger partial charge in [-0.3, -0.25) is 0 Å². The largest absolute Gasteiger partial charge is 0.398 e. The molecule has 0 fully saturated rings. The first kappa shape index (κ1) is 14.4. The van der Waals surface area contributed by atoms with Crippen LogP contribution < -0.4 is 10.5 Å². The summed E-state index contributed by atoms with van der Waals surface area (Å²) in [6, 6.07) is 4.72. The molecule has 0 spiro atoms. The van der Waals surface area contributed by atoms with E-state index in [9.17, 15) is 8.42 Å². The van der Waals surface area contributed by atoms with Crippen LogP contribution in [0.15, 0.2) is 35.6 Å². The molecule has 2 rings (SSSR count). The molecule has 1 aromatic heterocycles. The van der Waals surface area contributed by atoms with E-state index in [-0.39, 0.29) is 11.4 Å². The van der Waals surface area contributed by atoms with Gasteiger partial charge in [0.05, 0.1) is 17.1 Å². The van der Waals surface area contributed by atoms with Crippen LogP contribution in [0.3, 0.4) is 0 Å².